The van der Waals surface area contributed by atoms with Crippen LogP contribution in [0.5, 0.6) is 0 Å². The molecule has 3 nitrogen and oxygen atoms in total. The van der Waals surface area contributed by atoms with Gasteiger partial charge in [-0.05, 0) is 26.2 Å². The van der Waals surface area contributed by atoms with E-state index in [1.807, 2.05) is 20.8 Å². The zero-order chi connectivity index (χ0) is 11.3. The van der Waals surface area contributed by atoms with Gasteiger partial charge in [-0.15, -0.1) is 0 Å². The number of rotatable bonds is 5. The van der Waals surface area contributed by atoms with Gasteiger partial charge in [0.15, 0.2) is 0 Å². The van der Waals surface area contributed by atoms with Gasteiger partial charge in [0.05, 0.1) is 0 Å². The fourth-order valence-corrected chi connectivity index (χ4v) is 1.29. The van der Waals surface area contributed by atoms with Gasteiger partial charge in [-0.2, -0.15) is 0 Å². The van der Waals surface area contributed by atoms with Gasteiger partial charge in [-0.3, -0.25) is 4.79 Å². The quantitative estimate of drug-likeness (QED) is 0.707. The van der Waals surface area contributed by atoms with Gasteiger partial charge in [0.2, 0.25) is 5.91 Å². The molecule has 0 aromatic rings. The third-order valence-electron chi connectivity index (χ3n) is 2.53. The molecule has 0 rings (SSSR count). The fourth-order valence-electron chi connectivity index (χ4n) is 1.29. The van der Waals surface area contributed by atoms with Crippen LogP contribution in [-0.2, 0) is 4.79 Å². The van der Waals surface area contributed by atoms with Crippen LogP contribution in [0.2, 0.25) is 0 Å². The molecule has 0 spiro atoms. The average Bonchev–Trinajstić information content (AvgIpc) is 2.00. The van der Waals surface area contributed by atoms with Crippen molar-refractivity contribution >= 4 is 5.91 Å². The first kappa shape index (κ1) is 13.4. The third kappa shape index (κ3) is 5.22. The first-order valence-corrected chi connectivity index (χ1v) is 5.40. The van der Waals surface area contributed by atoms with E-state index in [9.17, 15) is 4.79 Å². The van der Waals surface area contributed by atoms with E-state index in [0.717, 1.165) is 6.42 Å². The summed E-state index contributed by atoms with van der Waals surface area (Å²) in [5.41, 5.74) is 5.65. The van der Waals surface area contributed by atoms with E-state index in [4.69, 9.17) is 5.73 Å². The Morgan fingerprint density at radius 2 is 1.71 bits per heavy atom. The molecule has 3 unspecified atom stereocenters. The van der Waals surface area contributed by atoms with Gasteiger partial charge in [0.25, 0.3) is 0 Å². The molecule has 3 N–H and O–H groups in total. The number of amides is 1. The van der Waals surface area contributed by atoms with Crippen molar-refractivity contribution in [1.82, 2.24) is 5.32 Å². The van der Waals surface area contributed by atoms with Crippen LogP contribution in [0.4, 0.5) is 0 Å². The topological polar surface area (TPSA) is 55.1 Å². The predicted octanol–water partition coefficient (Wildman–Crippen LogP) is 1.52. The van der Waals surface area contributed by atoms with Crippen molar-refractivity contribution < 1.29 is 4.79 Å². The van der Waals surface area contributed by atoms with Crippen LogP contribution >= 0.6 is 0 Å². The lowest BCUT2D eigenvalue weighted by Gasteiger charge is -2.20. The van der Waals surface area contributed by atoms with Crippen molar-refractivity contribution in [2.75, 3.05) is 0 Å². The fraction of sp³-hybridized carbons (Fsp3) is 0.909. The minimum absolute atomic E-state index is 0.0746. The van der Waals surface area contributed by atoms with Crippen LogP contribution in [0, 0.1) is 11.8 Å². The highest BCUT2D eigenvalue weighted by atomic mass is 16.1. The number of nitrogens with one attached hydrogen (secondary N) is 1. The molecule has 0 aromatic heterocycles. The zero-order valence-electron chi connectivity index (χ0n) is 10.0. The number of hydrogen-bond acceptors (Lipinski definition) is 2. The highest BCUT2D eigenvalue weighted by molar-refractivity contribution is 5.78. The van der Waals surface area contributed by atoms with Crippen LogP contribution in [0.15, 0.2) is 0 Å². The molecule has 0 aliphatic carbocycles. The summed E-state index contributed by atoms with van der Waals surface area (Å²) in [7, 11) is 0. The molecule has 0 saturated heterocycles. The number of hydrogen-bond donors (Lipinski definition) is 2. The van der Waals surface area contributed by atoms with Crippen molar-refractivity contribution in [3.63, 3.8) is 0 Å². The largest absolute Gasteiger partial charge is 0.353 e. The number of nitrogens with two attached hydrogens (primary N) is 1. The molecule has 0 fully saturated rings. The molecule has 1 amide bonds. The summed E-state index contributed by atoms with van der Waals surface area (Å²) in [5.74, 6) is 0.594. The average molecular weight is 200 g/mol. The summed E-state index contributed by atoms with van der Waals surface area (Å²) in [5, 5.41) is 2.97. The zero-order valence-corrected chi connectivity index (χ0v) is 10.0. The highest BCUT2D eigenvalue weighted by Gasteiger charge is 2.18. The van der Waals surface area contributed by atoms with Crippen molar-refractivity contribution in [1.29, 1.82) is 0 Å². The number of carbonyl (C=O) groups excluding carboxylic acids is 1. The molecule has 0 bridgehead atoms. The molecule has 0 aliphatic heterocycles. The Morgan fingerprint density at radius 3 is 2.07 bits per heavy atom. The van der Waals surface area contributed by atoms with E-state index in [1.54, 1.807) is 0 Å². The van der Waals surface area contributed by atoms with Crippen molar-refractivity contribution in [2.24, 2.45) is 17.6 Å². The van der Waals surface area contributed by atoms with Gasteiger partial charge < -0.3 is 11.1 Å². The van der Waals surface area contributed by atoms with Crippen LogP contribution in [0.1, 0.15) is 41.0 Å². The van der Waals surface area contributed by atoms with Crippen LogP contribution in [0.3, 0.4) is 0 Å². The second-order valence-electron chi connectivity index (χ2n) is 4.66. The smallest absolute Gasteiger partial charge is 0.223 e. The van der Waals surface area contributed by atoms with Crippen molar-refractivity contribution in [3.8, 4) is 0 Å². The first-order valence-electron chi connectivity index (χ1n) is 5.40. The lowest BCUT2D eigenvalue weighted by Crippen LogP contribution is -2.40. The molecular formula is C11H24N2O. The van der Waals surface area contributed by atoms with E-state index in [-0.39, 0.29) is 23.9 Å². The third-order valence-corrected chi connectivity index (χ3v) is 2.53. The summed E-state index contributed by atoms with van der Waals surface area (Å²) in [6, 6.07) is 0.309. The predicted molar refractivity (Wildman–Crippen MR) is 59.9 cm³/mol. The Bertz CT molecular complexity index is 178. The van der Waals surface area contributed by atoms with Crippen LogP contribution in [0.25, 0.3) is 0 Å². The maximum Gasteiger partial charge on any atom is 0.223 e. The van der Waals surface area contributed by atoms with Gasteiger partial charge in [0, 0.05) is 18.0 Å². The second kappa shape index (κ2) is 6.02. The van der Waals surface area contributed by atoms with E-state index >= 15 is 0 Å². The van der Waals surface area contributed by atoms with E-state index in [0.29, 0.717) is 5.92 Å². The monoisotopic (exact) mass is 200 g/mol. The van der Waals surface area contributed by atoms with Gasteiger partial charge >= 0.3 is 0 Å². The van der Waals surface area contributed by atoms with E-state index in [2.05, 4.69) is 19.2 Å². The summed E-state index contributed by atoms with van der Waals surface area (Å²) in [4.78, 5) is 11.6. The van der Waals surface area contributed by atoms with Crippen molar-refractivity contribution in [3.05, 3.63) is 0 Å². The van der Waals surface area contributed by atoms with Crippen LogP contribution in [-0.4, -0.2) is 18.0 Å². The molecule has 14 heavy (non-hydrogen) atoms. The minimum Gasteiger partial charge on any atom is -0.353 e. The molecule has 3 heteroatoms. The Labute approximate surface area is 87.4 Å². The molecule has 0 radical (unpaired) electrons. The lowest BCUT2D eigenvalue weighted by molar-refractivity contribution is -0.126. The Balaban J connectivity index is 3.93. The maximum atomic E-state index is 11.6. The summed E-state index contributed by atoms with van der Waals surface area (Å²) < 4.78 is 0. The SMILES string of the molecule is CC(N)CC(C)NC(=O)C(C)C(C)C. The van der Waals surface area contributed by atoms with Gasteiger partial charge in [-0.1, -0.05) is 20.8 Å². The normalized spacial score (nSPS) is 17.6. The molecule has 0 aromatic carbocycles. The van der Waals surface area contributed by atoms with Crippen LogP contribution < -0.4 is 11.1 Å². The van der Waals surface area contributed by atoms with E-state index < -0.39 is 0 Å². The summed E-state index contributed by atoms with van der Waals surface area (Å²) >= 11 is 0. The highest BCUT2D eigenvalue weighted by Crippen LogP contribution is 2.10. The minimum atomic E-state index is 0.0746. The molecule has 84 valence electrons. The lowest BCUT2D eigenvalue weighted by atomic mass is 9.96. The molecule has 3 atom stereocenters. The Hall–Kier alpha value is -0.570. The van der Waals surface area contributed by atoms with Gasteiger partial charge in [-0.25, -0.2) is 0 Å². The molecule has 0 saturated carbocycles. The van der Waals surface area contributed by atoms with Crippen molar-refractivity contribution in [2.45, 2.75) is 53.1 Å². The molecular weight excluding hydrogens is 176 g/mol. The Morgan fingerprint density at radius 1 is 1.21 bits per heavy atom. The summed E-state index contributed by atoms with van der Waals surface area (Å²) in [6.07, 6.45) is 0.830. The maximum absolute atomic E-state index is 11.6. The summed E-state index contributed by atoms with van der Waals surface area (Å²) in [6.45, 7) is 10.0. The standard InChI is InChI=1S/C11H24N2O/c1-7(2)10(5)11(14)13-9(4)6-8(3)12/h7-10H,6,12H2,1-5H3,(H,13,14). The second-order valence-corrected chi connectivity index (χ2v) is 4.66. The molecule has 0 aliphatic rings. The molecule has 0 heterocycles. The number of carbonyl (C=O) groups is 1. The van der Waals surface area contributed by atoms with E-state index in [1.165, 1.54) is 0 Å². The van der Waals surface area contributed by atoms with Gasteiger partial charge in [0.1, 0.15) is 0 Å². The first-order chi connectivity index (χ1) is 6.34. The Kier molecular flexibility index (Phi) is 5.77.